The Morgan fingerprint density at radius 3 is 2.20 bits per heavy atom. The summed E-state index contributed by atoms with van der Waals surface area (Å²) in [7, 11) is 0. The van der Waals surface area contributed by atoms with Crippen molar-refractivity contribution in [3.05, 3.63) is 54.1 Å². The fraction of sp³-hybridized carbons (Fsp3) is 0. The Kier molecular flexibility index (Phi) is 4.06. The van der Waals surface area contributed by atoms with Gasteiger partial charge in [-0.3, -0.25) is 0 Å². The molecule has 0 aliphatic carbocycles. The number of hydrogen-bond acceptors (Lipinski definition) is 0. The summed E-state index contributed by atoms with van der Waals surface area (Å²) < 4.78 is 3.74. The van der Waals surface area contributed by atoms with E-state index in [0.717, 1.165) is 4.47 Å². The first-order valence-electron chi connectivity index (χ1n) is 4.39. The molecule has 0 saturated heterocycles. The largest absolute Gasteiger partial charge is 0.0622 e. The first-order valence-corrected chi connectivity index (χ1v) is 7.34. The van der Waals surface area contributed by atoms with Crippen molar-refractivity contribution >= 4 is 61.1 Å². The maximum Gasteiger partial charge on any atom is 0.0353 e. The highest BCUT2D eigenvalue weighted by Gasteiger charge is 2.09. The molecule has 0 bridgehead atoms. The Morgan fingerprint density at radius 2 is 1.53 bits per heavy atom. The molecule has 0 unspecified atom stereocenters. The fourth-order valence-electron chi connectivity index (χ4n) is 1.40. The van der Waals surface area contributed by atoms with Crippen molar-refractivity contribution < 1.29 is 0 Å². The summed E-state index contributed by atoms with van der Waals surface area (Å²) in [6.07, 6.45) is 0. The van der Waals surface area contributed by atoms with Gasteiger partial charge in [0.2, 0.25) is 0 Å². The van der Waals surface area contributed by atoms with Crippen LogP contribution in [0.15, 0.2) is 46.9 Å². The minimum absolute atomic E-state index is 1.15. The molecule has 15 heavy (non-hydrogen) atoms. The minimum atomic E-state index is 1.15. The maximum atomic E-state index is 3.61. The van der Waals surface area contributed by atoms with Gasteiger partial charge in [-0.05, 0) is 62.9 Å². The minimum Gasteiger partial charge on any atom is -0.0622 e. The van der Waals surface area contributed by atoms with Crippen LogP contribution in [0.3, 0.4) is 0 Å². The molecule has 2 aromatic carbocycles. The third kappa shape index (κ3) is 2.55. The van der Waals surface area contributed by atoms with Crippen LogP contribution in [0.5, 0.6) is 0 Å². The van der Waals surface area contributed by atoms with Gasteiger partial charge in [-0.1, -0.05) is 46.3 Å². The van der Waals surface area contributed by atoms with Crippen LogP contribution >= 0.6 is 61.1 Å². The zero-order chi connectivity index (χ0) is 10.8. The van der Waals surface area contributed by atoms with Crippen LogP contribution in [0, 0.1) is 7.14 Å². The van der Waals surface area contributed by atoms with E-state index < -0.39 is 0 Å². The Labute approximate surface area is 125 Å². The molecule has 2 rings (SSSR count). The predicted octanol–water partition coefficient (Wildman–Crippen LogP) is 5.33. The lowest BCUT2D eigenvalue weighted by atomic mass is 10.1. The van der Waals surface area contributed by atoms with E-state index in [1.807, 2.05) is 6.07 Å². The van der Waals surface area contributed by atoms with Gasteiger partial charge in [-0.25, -0.2) is 0 Å². The summed E-state index contributed by atoms with van der Waals surface area (Å²) >= 11 is 8.37. The summed E-state index contributed by atoms with van der Waals surface area (Å²) in [5.41, 5.74) is 2.54. The molecule has 0 aliphatic rings. The van der Waals surface area contributed by atoms with Gasteiger partial charge in [-0.15, -0.1) is 0 Å². The van der Waals surface area contributed by atoms with E-state index >= 15 is 0 Å². The van der Waals surface area contributed by atoms with Gasteiger partial charge in [0.15, 0.2) is 0 Å². The lowest BCUT2D eigenvalue weighted by Gasteiger charge is -2.09. The lowest BCUT2D eigenvalue weighted by Crippen LogP contribution is -1.88. The van der Waals surface area contributed by atoms with Crippen LogP contribution in [0.1, 0.15) is 0 Å². The number of benzene rings is 2. The molecule has 0 atom stereocenters. The molecule has 0 aliphatic heterocycles. The van der Waals surface area contributed by atoms with Gasteiger partial charge in [0, 0.05) is 17.2 Å². The summed E-state index contributed by atoms with van der Waals surface area (Å²) in [6, 6.07) is 14.7. The van der Waals surface area contributed by atoms with Crippen LogP contribution in [-0.2, 0) is 0 Å². The molecule has 0 spiro atoms. The molecule has 2 aromatic rings. The summed E-state index contributed by atoms with van der Waals surface area (Å²) in [5.74, 6) is 0. The van der Waals surface area contributed by atoms with Crippen LogP contribution in [0.25, 0.3) is 11.1 Å². The van der Waals surface area contributed by atoms with E-state index in [1.54, 1.807) is 0 Å². The Hall–Kier alpha value is 0.380. The van der Waals surface area contributed by atoms with Crippen molar-refractivity contribution in [1.82, 2.24) is 0 Å². The number of hydrogen-bond donors (Lipinski definition) is 0. The topological polar surface area (TPSA) is 0 Å². The zero-order valence-corrected chi connectivity index (χ0v) is 13.6. The van der Waals surface area contributed by atoms with Crippen LogP contribution in [0.2, 0.25) is 0 Å². The molecule has 0 nitrogen and oxygen atoms in total. The van der Waals surface area contributed by atoms with Crippen molar-refractivity contribution in [2.75, 3.05) is 0 Å². The SMILES string of the molecule is Brc1ccc(I)c(I)c1-c1ccccc1. The van der Waals surface area contributed by atoms with E-state index in [-0.39, 0.29) is 0 Å². The van der Waals surface area contributed by atoms with Crippen LogP contribution in [0.4, 0.5) is 0 Å². The van der Waals surface area contributed by atoms with Crippen LogP contribution in [-0.4, -0.2) is 0 Å². The van der Waals surface area contributed by atoms with Crippen molar-refractivity contribution in [2.24, 2.45) is 0 Å². The summed E-state index contributed by atoms with van der Waals surface area (Å²) in [6.45, 7) is 0. The highest BCUT2D eigenvalue weighted by atomic mass is 127. The van der Waals surface area contributed by atoms with Crippen molar-refractivity contribution in [3.63, 3.8) is 0 Å². The van der Waals surface area contributed by atoms with Gasteiger partial charge in [0.25, 0.3) is 0 Å². The quantitative estimate of drug-likeness (QED) is 0.379. The normalized spacial score (nSPS) is 10.3. The Bertz CT molecular complexity index is 480. The van der Waals surface area contributed by atoms with Crippen LogP contribution < -0.4 is 0 Å². The zero-order valence-electron chi connectivity index (χ0n) is 7.68. The lowest BCUT2D eigenvalue weighted by molar-refractivity contribution is 1.51. The molecular formula is C12H7BrI2. The van der Waals surface area contributed by atoms with E-state index in [9.17, 15) is 0 Å². The molecule has 76 valence electrons. The second-order valence-electron chi connectivity index (χ2n) is 3.08. The molecule has 0 amide bonds. The molecule has 0 radical (unpaired) electrons. The first-order chi connectivity index (χ1) is 7.20. The second-order valence-corrected chi connectivity index (χ2v) is 6.18. The highest BCUT2D eigenvalue weighted by molar-refractivity contribution is 14.1. The third-order valence-corrected chi connectivity index (χ3v) is 5.82. The monoisotopic (exact) mass is 484 g/mol. The average Bonchev–Trinajstić information content (AvgIpc) is 2.26. The van der Waals surface area contributed by atoms with Gasteiger partial charge in [0.1, 0.15) is 0 Å². The molecule has 0 saturated carbocycles. The molecule has 0 heterocycles. The third-order valence-electron chi connectivity index (χ3n) is 2.11. The van der Waals surface area contributed by atoms with E-state index in [4.69, 9.17) is 0 Å². The smallest absolute Gasteiger partial charge is 0.0353 e. The molecular weight excluding hydrogens is 478 g/mol. The fourth-order valence-corrected chi connectivity index (χ4v) is 3.56. The maximum absolute atomic E-state index is 3.61. The van der Waals surface area contributed by atoms with Crippen molar-refractivity contribution in [2.45, 2.75) is 0 Å². The molecule has 0 fully saturated rings. The molecule has 0 aromatic heterocycles. The van der Waals surface area contributed by atoms with Gasteiger partial charge in [0.05, 0.1) is 0 Å². The van der Waals surface area contributed by atoms with E-state index in [1.165, 1.54) is 18.3 Å². The van der Waals surface area contributed by atoms with Gasteiger partial charge >= 0.3 is 0 Å². The number of rotatable bonds is 1. The second kappa shape index (κ2) is 5.14. The summed E-state index contributed by atoms with van der Waals surface area (Å²) in [5, 5.41) is 0. The Balaban J connectivity index is 2.68. The molecule has 0 N–H and O–H groups in total. The number of halogens is 3. The predicted molar refractivity (Wildman–Crippen MR) is 85.0 cm³/mol. The summed E-state index contributed by atoms with van der Waals surface area (Å²) in [4.78, 5) is 0. The van der Waals surface area contributed by atoms with E-state index in [2.05, 4.69) is 97.5 Å². The first kappa shape index (κ1) is 11.9. The standard InChI is InChI=1S/C12H7BrI2/c13-9-6-7-10(14)12(15)11(9)8-4-2-1-3-5-8/h1-7H. The Morgan fingerprint density at radius 1 is 0.867 bits per heavy atom. The van der Waals surface area contributed by atoms with Gasteiger partial charge < -0.3 is 0 Å². The average molecular weight is 485 g/mol. The highest BCUT2D eigenvalue weighted by Crippen LogP contribution is 2.34. The van der Waals surface area contributed by atoms with Gasteiger partial charge in [-0.2, -0.15) is 0 Å². The van der Waals surface area contributed by atoms with E-state index in [0.29, 0.717) is 0 Å². The van der Waals surface area contributed by atoms with Crippen molar-refractivity contribution in [1.29, 1.82) is 0 Å². The molecule has 3 heteroatoms. The van der Waals surface area contributed by atoms with Crippen molar-refractivity contribution in [3.8, 4) is 11.1 Å².